The summed E-state index contributed by atoms with van der Waals surface area (Å²) < 4.78 is 15.7. The number of nitrogens with one attached hydrogen (secondary N) is 1. The SMILES string of the molecule is CC(=O)c1cn(CC(=O)Nc2c(F)cccc2Cl)c(=O)n(Cc2ccccc2)c1=O. The Morgan fingerprint density at radius 2 is 1.77 bits per heavy atom. The predicted octanol–water partition coefficient (Wildman–Crippen LogP) is 2.69. The first-order chi connectivity index (χ1) is 14.3. The average Bonchev–Trinajstić information content (AvgIpc) is 2.71. The van der Waals surface area contributed by atoms with Crippen molar-refractivity contribution < 1.29 is 14.0 Å². The van der Waals surface area contributed by atoms with Crippen LogP contribution in [-0.2, 0) is 17.9 Å². The number of para-hydroxylation sites is 1. The Kier molecular flexibility index (Phi) is 6.27. The molecule has 1 aromatic heterocycles. The number of carbonyl (C=O) groups is 2. The Morgan fingerprint density at radius 3 is 2.40 bits per heavy atom. The van der Waals surface area contributed by atoms with Crippen LogP contribution in [0.5, 0.6) is 0 Å². The van der Waals surface area contributed by atoms with E-state index in [1.165, 1.54) is 19.1 Å². The van der Waals surface area contributed by atoms with E-state index in [9.17, 15) is 23.6 Å². The van der Waals surface area contributed by atoms with Gasteiger partial charge in [-0.25, -0.2) is 9.18 Å². The van der Waals surface area contributed by atoms with E-state index in [1.54, 1.807) is 30.3 Å². The highest BCUT2D eigenvalue weighted by Gasteiger charge is 2.18. The standard InChI is InChI=1S/C21H17ClFN3O4/c1-13(27)15-11-25(12-18(28)24-19-16(22)8-5-9-17(19)23)21(30)26(20(15)29)10-14-6-3-2-4-7-14/h2-9,11H,10,12H2,1H3,(H,24,28). The fourth-order valence-corrected chi connectivity index (χ4v) is 3.07. The van der Waals surface area contributed by atoms with E-state index in [0.717, 1.165) is 21.4 Å². The molecule has 1 heterocycles. The normalized spacial score (nSPS) is 10.6. The van der Waals surface area contributed by atoms with E-state index in [4.69, 9.17) is 11.6 Å². The number of amides is 1. The molecule has 30 heavy (non-hydrogen) atoms. The van der Waals surface area contributed by atoms with Gasteiger partial charge < -0.3 is 5.32 Å². The molecule has 0 saturated carbocycles. The van der Waals surface area contributed by atoms with Crippen LogP contribution >= 0.6 is 11.6 Å². The molecule has 0 bridgehead atoms. The molecule has 3 aromatic rings. The van der Waals surface area contributed by atoms with Gasteiger partial charge in [0.1, 0.15) is 12.4 Å². The lowest BCUT2D eigenvalue weighted by Gasteiger charge is -2.13. The highest BCUT2D eigenvalue weighted by molar-refractivity contribution is 6.33. The van der Waals surface area contributed by atoms with Gasteiger partial charge in [-0.3, -0.25) is 23.5 Å². The molecular weight excluding hydrogens is 413 g/mol. The molecular formula is C21H17ClFN3O4. The molecule has 0 saturated heterocycles. The van der Waals surface area contributed by atoms with E-state index in [-0.39, 0.29) is 22.8 Å². The van der Waals surface area contributed by atoms with Crippen LogP contribution < -0.4 is 16.6 Å². The molecule has 3 rings (SSSR count). The summed E-state index contributed by atoms with van der Waals surface area (Å²) in [5.41, 5.74) is -1.30. The fourth-order valence-electron chi connectivity index (χ4n) is 2.86. The second-order valence-corrected chi connectivity index (χ2v) is 6.94. The minimum Gasteiger partial charge on any atom is -0.321 e. The minimum absolute atomic E-state index is 0.00540. The summed E-state index contributed by atoms with van der Waals surface area (Å²) in [6.45, 7) is 0.580. The van der Waals surface area contributed by atoms with Gasteiger partial charge >= 0.3 is 5.69 Å². The zero-order valence-corrected chi connectivity index (χ0v) is 16.6. The second kappa shape index (κ2) is 8.87. The third-order valence-electron chi connectivity index (χ3n) is 4.34. The van der Waals surface area contributed by atoms with Gasteiger partial charge in [0, 0.05) is 6.20 Å². The van der Waals surface area contributed by atoms with E-state index < -0.39 is 35.3 Å². The van der Waals surface area contributed by atoms with E-state index in [0.29, 0.717) is 5.56 Å². The van der Waals surface area contributed by atoms with E-state index in [1.807, 2.05) is 0 Å². The summed E-state index contributed by atoms with van der Waals surface area (Å²) in [6, 6.07) is 12.7. The van der Waals surface area contributed by atoms with Crippen molar-refractivity contribution in [2.75, 3.05) is 5.32 Å². The van der Waals surface area contributed by atoms with Gasteiger partial charge in [-0.05, 0) is 24.6 Å². The number of hydrogen-bond acceptors (Lipinski definition) is 4. The van der Waals surface area contributed by atoms with Crippen molar-refractivity contribution in [1.82, 2.24) is 9.13 Å². The van der Waals surface area contributed by atoms with Crippen LogP contribution in [0.15, 0.2) is 64.3 Å². The Bertz CT molecular complexity index is 1210. The minimum atomic E-state index is -0.774. The Balaban J connectivity index is 1.98. The summed E-state index contributed by atoms with van der Waals surface area (Å²) in [4.78, 5) is 49.8. The molecule has 9 heteroatoms. The van der Waals surface area contributed by atoms with Crippen LogP contribution in [0.3, 0.4) is 0 Å². The lowest BCUT2D eigenvalue weighted by molar-refractivity contribution is -0.116. The maximum Gasteiger partial charge on any atom is 0.331 e. The number of halogens is 2. The Hall–Kier alpha value is -3.52. The van der Waals surface area contributed by atoms with Crippen molar-refractivity contribution in [2.45, 2.75) is 20.0 Å². The molecule has 7 nitrogen and oxygen atoms in total. The van der Waals surface area contributed by atoms with E-state index >= 15 is 0 Å². The summed E-state index contributed by atoms with van der Waals surface area (Å²) in [5.74, 6) is -2.03. The van der Waals surface area contributed by atoms with Crippen molar-refractivity contribution in [3.05, 3.63) is 97.5 Å². The third kappa shape index (κ3) is 4.55. The molecule has 2 aromatic carbocycles. The van der Waals surface area contributed by atoms with Gasteiger partial charge in [0.15, 0.2) is 5.78 Å². The van der Waals surface area contributed by atoms with Gasteiger partial charge in [0.2, 0.25) is 5.91 Å². The van der Waals surface area contributed by atoms with Crippen LogP contribution in [0.1, 0.15) is 22.8 Å². The number of ketones is 1. The monoisotopic (exact) mass is 429 g/mol. The fraction of sp³-hybridized carbons (Fsp3) is 0.143. The summed E-state index contributed by atoms with van der Waals surface area (Å²) >= 11 is 5.90. The van der Waals surface area contributed by atoms with Crippen molar-refractivity contribution in [3.8, 4) is 0 Å². The molecule has 0 unspecified atom stereocenters. The lowest BCUT2D eigenvalue weighted by Crippen LogP contribution is -2.43. The lowest BCUT2D eigenvalue weighted by atomic mass is 10.2. The van der Waals surface area contributed by atoms with Gasteiger partial charge in [-0.15, -0.1) is 0 Å². The molecule has 154 valence electrons. The summed E-state index contributed by atoms with van der Waals surface area (Å²) in [7, 11) is 0. The molecule has 1 N–H and O–H groups in total. The first-order valence-corrected chi connectivity index (χ1v) is 9.28. The zero-order valence-electron chi connectivity index (χ0n) is 15.9. The largest absolute Gasteiger partial charge is 0.331 e. The van der Waals surface area contributed by atoms with E-state index in [2.05, 4.69) is 5.32 Å². The first kappa shape index (κ1) is 21.2. The van der Waals surface area contributed by atoms with Crippen molar-refractivity contribution in [3.63, 3.8) is 0 Å². The van der Waals surface area contributed by atoms with Crippen molar-refractivity contribution in [1.29, 1.82) is 0 Å². The first-order valence-electron chi connectivity index (χ1n) is 8.91. The van der Waals surface area contributed by atoms with Gasteiger partial charge in [-0.2, -0.15) is 0 Å². The number of rotatable bonds is 6. The van der Waals surface area contributed by atoms with Gasteiger partial charge in [-0.1, -0.05) is 48.0 Å². The Labute approximate surface area is 175 Å². The quantitative estimate of drug-likeness (QED) is 0.610. The molecule has 1 amide bonds. The molecule has 0 aliphatic carbocycles. The van der Waals surface area contributed by atoms with Gasteiger partial charge in [0.05, 0.1) is 22.8 Å². The maximum absolute atomic E-state index is 13.9. The average molecular weight is 430 g/mol. The van der Waals surface area contributed by atoms with Gasteiger partial charge in [0.25, 0.3) is 5.56 Å². The molecule has 0 aliphatic heterocycles. The van der Waals surface area contributed by atoms with Crippen LogP contribution in [0.2, 0.25) is 5.02 Å². The molecule has 0 radical (unpaired) electrons. The summed E-state index contributed by atoms with van der Waals surface area (Å²) in [6.07, 6.45) is 1.04. The number of aromatic nitrogens is 2. The molecule has 0 spiro atoms. The Morgan fingerprint density at radius 1 is 1.07 bits per heavy atom. The molecule has 0 atom stereocenters. The zero-order chi connectivity index (χ0) is 21.8. The van der Waals surface area contributed by atoms with Crippen LogP contribution in [-0.4, -0.2) is 20.8 Å². The van der Waals surface area contributed by atoms with Crippen molar-refractivity contribution in [2.24, 2.45) is 0 Å². The highest BCUT2D eigenvalue weighted by atomic mass is 35.5. The number of Topliss-reactive ketones (excluding diaryl/α,β-unsaturated/α-hetero) is 1. The number of benzene rings is 2. The third-order valence-corrected chi connectivity index (χ3v) is 4.66. The maximum atomic E-state index is 13.9. The number of hydrogen-bond donors (Lipinski definition) is 1. The summed E-state index contributed by atoms with van der Waals surface area (Å²) in [5, 5.41) is 2.30. The number of carbonyl (C=O) groups excluding carboxylic acids is 2. The highest BCUT2D eigenvalue weighted by Crippen LogP contribution is 2.24. The van der Waals surface area contributed by atoms with Crippen molar-refractivity contribution >= 4 is 29.0 Å². The predicted molar refractivity (Wildman–Crippen MR) is 111 cm³/mol. The van der Waals surface area contributed by atoms with Crippen LogP contribution in [0.25, 0.3) is 0 Å². The molecule has 0 aliphatic rings. The molecule has 0 fully saturated rings. The van der Waals surface area contributed by atoms with Crippen LogP contribution in [0, 0.1) is 5.82 Å². The number of anilines is 1. The van der Waals surface area contributed by atoms with Crippen LogP contribution in [0.4, 0.5) is 10.1 Å². The topological polar surface area (TPSA) is 90.2 Å². The second-order valence-electron chi connectivity index (χ2n) is 6.53. The smallest absolute Gasteiger partial charge is 0.321 e. The number of nitrogens with zero attached hydrogens (tertiary/aromatic N) is 2.